The molecule has 1 aliphatic heterocycles. The summed E-state index contributed by atoms with van der Waals surface area (Å²) in [5, 5.41) is 13.7. The molecular formula is C23H32N2O4. The average molecular weight is 401 g/mol. The van der Waals surface area contributed by atoms with E-state index in [1.807, 2.05) is 43.3 Å². The number of aliphatic hydroxyl groups excluding tert-OH is 1. The standard InChI is InChI=1S/C23H32N2O4/c1-18-3-7-22(8-4-18)29-17-20(26)15-24-16-23(25-11-13-28-14-12-25)19-5-9-21(27-2)10-6-19/h3-10,20,23-24,26H,11-17H2,1-2H3/t20-,23+/m0/s1. The number of aliphatic hydroxyl groups is 1. The highest BCUT2D eigenvalue weighted by atomic mass is 16.5. The Hall–Kier alpha value is -2.12. The van der Waals surface area contributed by atoms with Crippen LogP contribution in [0.15, 0.2) is 48.5 Å². The van der Waals surface area contributed by atoms with Crippen molar-refractivity contribution in [3.63, 3.8) is 0 Å². The van der Waals surface area contributed by atoms with Crippen LogP contribution in [0.25, 0.3) is 0 Å². The van der Waals surface area contributed by atoms with Crippen LogP contribution in [0, 0.1) is 6.92 Å². The summed E-state index contributed by atoms with van der Waals surface area (Å²) >= 11 is 0. The molecule has 6 nitrogen and oxygen atoms in total. The summed E-state index contributed by atoms with van der Waals surface area (Å²) in [7, 11) is 1.68. The largest absolute Gasteiger partial charge is 0.497 e. The van der Waals surface area contributed by atoms with Crippen molar-refractivity contribution in [3.8, 4) is 11.5 Å². The number of nitrogens with one attached hydrogen (secondary N) is 1. The molecule has 29 heavy (non-hydrogen) atoms. The van der Waals surface area contributed by atoms with E-state index in [0.29, 0.717) is 6.54 Å². The van der Waals surface area contributed by atoms with Gasteiger partial charge in [0.25, 0.3) is 0 Å². The van der Waals surface area contributed by atoms with Gasteiger partial charge in [0.1, 0.15) is 24.2 Å². The first kappa shape index (κ1) is 21.6. The zero-order valence-electron chi connectivity index (χ0n) is 17.3. The Kier molecular flexibility index (Phi) is 8.31. The lowest BCUT2D eigenvalue weighted by Gasteiger charge is -2.35. The fraction of sp³-hybridized carbons (Fsp3) is 0.478. The van der Waals surface area contributed by atoms with Gasteiger partial charge in [-0.2, -0.15) is 0 Å². The van der Waals surface area contributed by atoms with Crippen molar-refractivity contribution in [2.24, 2.45) is 0 Å². The Bertz CT molecular complexity index is 715. The molecule has 0 bridgehead atoms. The van der Waals surface area contributed by atoms with Gasteiger partial charge in [-0.25, -0.2) is 0 Å². The third-order valence-electron chi connectivity index (χ3n) is 5.17. The molecule has 0 spiro atoms. The van der Waals surface area contributed by atoms with Crippen LogP contribution in [0.5, 0.6) is 11.5 Å². The summed E-state index contributed by atoms with van der Waals surface area (Å²) in [5.41, 5.74) is 2.41. The summed E-state index contributed by atoms with van der Waals surface area (Å²) in [4.78, 5) is 2.42. The summed E-state index contributed by atoms with van der Waals surface area (Å²) < 4.78 is 16.5. The average Bonchev–Trinajstić information content (AvgIpc) is 2.77. The van der Waals surface area contributed by atoms with Gasteiger partial charge >= 0.3 is 0 Å². The first-order valence-corrected chi connectivity index (χ1v) is 10.2. The van der Waals surface area contributed by atoms with E-state index in [9.17, 15) is 5.11 Å². The fourth-order valence-corrected chi connectivity index (χ4v) is 3.45. The molecule has 0 radical (unpaired) electrons. The second-order valence-corrected chi connectivity index (χ2v) is 7.37. The first-order chi connectivity index (χ1) is 14.2. The van der Waals surface area contributed by atoms with Crippen molar-refractivity contribution in [3.05, 3.63) is 59.7 Å². The molecule has 0 aromatic heterocycles. The highest BCUT2D eigenvalue weighted by Crippen LogP contribution is 2.23. The van der Waals surface area contributed by atoms with Crippen molar-refractivity contribution in [2.75, 3.05) is 53.1 Å². The summed E-state index contributed by atoms with van der Waals surface area (Å²) in [6.07, 6.45) is -0.572. The second kappa shape index (κ2) is 11.2. The van der Waals surface area contributed by atoms with Gasteiger partial charge < -0.3 is 24.6 Å². The smallest absolute Gasteiger partial charge is 0.119 e. The zero-order chi connectivity index (χ0) is 20.5. The number of benzene rings is 2. The van der Waals surface area contributed by atoms with Gasteiger partial charge in [-0.15, -0.1) is 0 Å². The number of hydrogen-bond donors (Lipinski definition) is 2. The monoisotopic (exact) mass is 400 g/mol. The van der Waals surface area contributed by atoms with Crippen molar-refractivity contribution in [2.45, 2.75) is 19.1 Å². The lowest BCUT2D eigenvalue weighted by Crippen LogP contribution is -2.44. The Labute approximate surface area is 173 Å². The molecule has 0 amide bonds. The third-order valence-corrected chi connectivity index (χ3v) is 5.17. The SMILES string of the molecule is COc1ccc([C@@H](CNC[C@H](O)COc2ccc(C)cc2)N2CCOCC2)cc1. The molecule has 1 heterocycles. The molecule has 2 N–H and O–H groups in total. The lowest BCUT2D eigenvalue weighted by atomic mass is 10.0. The summed E-state index contributed by atoms with van der Waals surface area (Å²) in [6.45, 7) is 6.82. The Morgan fingerprint density at radius 1 is 1.00 bits per heavy atom. The minimum Gasteiger partial charge on any atom is -0.497 e. The minimum absolute atomic E-state index is 0.218. The molecule has 1 saturated heterocycles. The minimum atomic E-state index is -0.572. The molecule has 2 atom stereocenters. The summed E-state index contributed by atoms with van der Waals surface area (Å²) in [6, 6.07) is 16.3. The number of aryl methyl sites for hydroxylation is 1. The normalized spacial score (nSPS) is 16.9. The van der Waals surface area contributed by atoms with E-state index < -0.39 is 6.10 Å². The molecule has 6 heteroatoms. The Morgan fingerprint density at radius 3 is 2.31 bits per heavy atom. The third kappa shape index (κ3) is 6.72. The lowest BCUT2D eigenvalue weighted by molar-refractivity contribution is 0.0151. The number of rotatable bonds is 10. The van der Waals surface area contributed by atoms with Crippen LogP contribution < -0.4 is 14.8 Å². The maximum Gasteiger partial charge on any atom is 0.119 e. The molecule has 0 saturated carbocycles. The van der Waals surface area contributed by atoms with Crippen LogP contribution in [0.1, 0.15) is 17.2 Å². The van der Waals surface area contributed by atoms with Crippen molar-refractivity contribution in [1.82, 2.24) is 10.2 Å². The van der Waals surface area contributed by atoms with Gasteiger partial charge in [0.2, 0.25) is 0 Å². The van der Waals surface area contributed by atoms with Gasteiger partial charge in [-0.1, -0.05) is 29.8 Å². The first-order valence-electron chi connectivity index (χ1n) is 10.2. The van der Waals surface area contributed by atoms with Crippen molar-refractivity contribution >= 4 is 0 Å². The van der Waals surface area contributed by atoms with E-state index in [4.69, 9.17) is 14.2 Å². The van der Waals surface area contributed by atoms with Gasteiger partial charge in [-0.3, -0.25) is 4.90 Å². The number of hydrogen-bond acceptors (Lipinski definition) is 6. The van der Waals surface area contributed by atoms with E-state index in [1.54, 1.807) is 7.11 Å². The quantitative estimate of drug-likeness (QED) is 0.639. The van der Waals surface area contributed by atoms with Gasteiger partial charge in [0, 0.05) is 32.2 Å². The van der Waals surface area contributed by atoms with Crippen LogP contribution in [-0.2, 0) is 4.74 Å². The highest BCUT2D eigenvalue weighted by Gasteiger charge is 2.22. The molecule has 0 aliphatic carbocycles. The summed E-state index contributed by atoms with van der Waals surface area (Å²) in [5.74, 6) is 1.63. The maximum atomic E-state index is 10.3. The molecule has 158 valence electrons. The molecule has 0 unspecified atom stereocenters. The maximum absolute atomic E-state index is 10.3. The van der Waals surface area contributed by atoms with E-state index in [0.717, 1.165) is 44.3 Å². The van der Waals surface area contributed by atoms with E-state index >= 15 is 0 Å². The van der Waals surface area contributed by atoms with Crippen molar-refractivity contribution < 1.29 is 19.3 Å². The number of ether oxygens (including phenoxy) is 3. The van der Waals surface area contributed by atoms with Gasteiger partial charge in [-0.05, 0) is 36.8 Å². The van der Waals surface area contributed by atoms with E-state index in [1.165, 1.54) is 11.1 Å². The number of methoxy groups -OCH3 is 1. The van der Waals surface area contributed by atoms with Crippen LogP contribution in [0.3, 0.4) is 0 Å². The molecule has 3 rings (SSSR count). The van der Waals surface area contributed by atoms with Gasteiger partial charge in [0.05, 0.1) is 20.3 Å². The molecule has 2 aromatic carbocycles. The van der Waals surface area contributed by atoms with E-state index in [2.05, 4.69) is 22.3 Å². The molecule has 1 aliphatic rings. The second-order valence-electron chi connectivity index (χ2n) is 7.37. The van der Waals surface area contributed by atoms with Crippen LogP contribution in [0.4, 0.5) is 0 Å². The predicted octanol–water partition coefficient (Wildman–Crippen LogP) is 2.41. The number of nitrogens with zero attached hydrogens (tertiary/aromatic N) is 1. The molecule has 2 aromatic rings. The number of morpholine rings is 1. The Morgan fingerprint density at radius 2 is 1.66 bits per heavy atom. The predicted molar refractivity (Wildman–Crippen MR) is 114 cm³/mol. The molecule has 1 fully saturated rings. The van der Waals surface area contributed by atoms with Crippen molar-refractivity contribution in [1.29, 1.82) is 0 Å². The zero-order valence-corrected chi connectivity index (χ0v) is 17.3. The van der Waals surface area contributed by atoms with Crippen LogP contribution in [-0.4, -0.2) is 69.2 Å². The van der Waals surface area contributed by atoms with Crippen LogP contribution in [0.2, 0.25) is 0 Å². The van der Waals surface area contributed by atoms with Gasteiger partial charge in [0.15, 0.2) is 0 Å². The highest BCUT2D eigenvalue weighted by molar-refractivity contribution is 5.29. The van der Waals surface area contributed by atoms with E-state index in [-0.39, 0.29) is 12.6 Å². The van der Waals surface area contributed by atoms with Crippen LogP contribution >= 0.6 is 0 Å². The fourth-order valence-electron chi connectivity index (χ4n) is 3.45. The molecular weight excluding hydrogens is 368 g/mol. The topological polar surface area (TPSA) is 63.2 Å². The Balaban J connectivity index is 1.51.